The molecule has 0 bridgehead atoms. The van der Waals surface area contributed by atoms with E-state index in [2.05, 4.69) is 53.6 Å². The molecule has 1 saturated carbocycles. The van der Waals surface area contributed by atoms with Crippen LogP contribution in [-0.4, -0.2) is 37.6 Å². The van der Waals surface area contributed by atoms with Gasteiger partial charge < -0.3 is 11.2 Å². The molecule has 2 aromatic carbocycles. The number of pyridine rings is 1. The first-order valence-corrected chi connectivity index (χ1v) is 13.1. The van der Waals surface area contributed by atoms with E-state index in [-0.39, 0.29) is 17.7 Å². The normalized spacial score (nSPS) is 18.0. The van der Waals surface area contributed by atoms with Gasteiger partial charge in [-0.15, -0.1) is 10.2 Å². The average Bonchev–Trinajstić information content (AvgIpc) is 3.24. The molecule has 180 valence electrons. The summed E-state index contributed by atoms with van der Waals surface area (Å²) in [5.41, 5.74) is 4.78. The van der Waals surface area contributed by atoms with Crippen molar-refractivity contribution in [2.45, 2.75) is 50.7 Å². The highest BCUT2D eigenvalue weighted by Gasteiger charge is 2.23. The second-order valence-corrected chi connectivity index (χ2v) is 10.3. The largest absolute Gasteiger partial charge is 0.352 e. The van der Waals surface area contributed by atoms with Gasteiger partial charge in [-0.2, -0.15) is 0 Å². The number of carbonyl (C=O) groups excluding carboxylic acids is 1. The number of amides is 1. The van der Waals surface area contributed by atoms with Crippen LogP contribution in [0.2, 0.25) is 0 Å². The van der Waals surface area contributed by atoms with E-state index >= 15 is 0 Å². The molecular weight excluding hydrogens is 456 g/mol. The first-order valence-electron chi connectivity index (χ1n) is 12.1. The third-order valence-corrected chi connectivity index (χ3v) is 7.70. The van der Waals surface area contributed by atoms with Crippen LogP contribution in [0.4, 0.5) is 0 Å². The summed E-state index contributed by atoms with van der Waals surface area (Å²) in [4.78, 5) is 17.4. The zero-order valence-electron chi connectivity index (χ0n) is 20.1. The molecule has 4 aromatic rings. The van der Waals surface area contributed by atoms with E-state index in [1.54, 1.807) is 0 Å². The fourth-order valence-corrected chi connectivity index (χ4v) is 5.37. The van der Waals surface area contributed by atoms with Crippen molar-refractivity contribution >= 4 is 28.6 Å². The molecule has 0 spiro atoms. The summed E-state index contributed by atoms with van der Waals surface area (Å²) in [6, 6.07) is 18.5. The molecule has 1 fully saturated rings. The molecule has 5 rings (SSSR count). The van der Waals surface area contributed by atoms with Crippen molar-refractivity contribution in [3.05, 3.63) is 60.2 Å². The zero-order valence-corrected chi connectivity index (χ0v) is 20.9. The van der Waals surface area contributed by atoms with Crippen LogP contribution in [0.3, 0.4) is 0 Å². The Morgan fingerprint density at radius 3 is 2.69 bits per heavy atom. The number of nitrogens with zero attached hydrogens (tertiary/aromatic N) is 4. The Labute approximate surface area is 209 Å². The Morgan fingerprint density at radius 2 is 1.89 bits per heavy atom. The van der Waals surface area contributed by atoms with Gasteiger partial charge in [-0.25, -0.2) is 9.66 Å². The van der Waals surface area contributed by atoms with E-state index in [1.165, 1.54) is 41.3 Å². The van der Waals surface area contributed by atoms with E-state index in [4.69, 9.17) is 10.8 Å². The molecule has 0 radical (unpaired) electrons. The molecule has 8 heteroatoms. The first kappa shape index (κ1) is 23.4. The van der Waals surface area contributed by atoms with Crippen LogP contribution < -0.4 is 11.2 Å². The van der Waals surface area contributed by atoms with Gasteiger partial charge in [0.25, 0.3) is 0 Å². The van der Waals surface area contributed by atoms with E-state index in [9.17, 15) is 4.79 Å². The number of thioether (sulfide) groups is 1. The summed E-state index contributed by atoms with van der Waals surface area (Å²) in [7, 11) is 0. The van der Waals surface area contributed by atoms with Crippen LogP contribution >= 0.6 is 11.8 Å². The van der Waals surface area contributed by atoms with Crippen molar-refractivity contribution in [3.8, 4) is 22.6 Å². The lowest BCUT2D eigenvalue weighted by molar-refractivity contribution is -0.119. The van der Waals surface area contributed by atoms with Crippen LogP contribution in [0, 0.1) is 12.8 Å². The number of para-hydroxylation sites is 1. The highest BCUT2D eigenvalue weighted by Crippen LogP contribution is 2.32. The predicted molar refractivity (Wildman–Crippen MR) is 141 cm³/mol. The summed E-state index contributed by atoms with van der Waals surface area (Å²) in [6.07, 6.45) is 4.64. The Morgan fingerprint density at radius 1 is 1.11 bits per heavy atom. The molecule has 1 aliphatic carbocycles. The summed E-state index contributed by atoms with van der Waals surface area (Å²) in [5, 5.41) is 13.3. The lowest BCUT2D eigenvalue weighted by atomic mass is 9.86. The van der Waals surface area contributed by atoms with Crippen molar-refractivity contribution in [1.82, 2.24) is 25.2 Å². The summed E-state index contributed by atoms with van der Waals surface area (Å²) in [6.45, 7) is 4.28. The third kappa shape index (κ3) is 5.03. The van der Waals surface area contributed by atoms with E-state index in [0.29, 0.717) is 16.9 Å². The number of benzene rings is 2. The topological polar surface area (TPSA) is 98.7 Å². The highest BCUT2D eigenvalue weighted by atomic mass is 32.2. The molecule has 7 nitrogen and oxygen atoms in total. The van der Waals surface area contributed by atoms with Crippen LogP contribution in [0.15, 0.2) is 59.8 Å². The Balaban J connectivity index is 1.40. The monoisotopic (exact) mass is 486 g/mol. The number of hydrogen-bond donors (Lipinski definition) is 2. The molecular formula is C27H30N6OS. The van der Waals surface area contributed by atoms with Crippen LogP contribution in [0.5, 0.6) is 0 Å². The molecule has 1 aliphatic rings. The minimum atomic E-state index is 0.00863. The van der Waals surface area contributed by atoms with Crippen molar-refractivity contribution in [1.29, 1.82) is 0 Å². The van der Waals surface area contributed by atoms with Crippen molar-refractivity contribution in [2.24, 2.45) is 5.92 Å². The van der Waals surface area contributed by atoms with Crippen LogP contribution in [0.25, 0.3) is 33.5 Å². The van der Waals surface area contributed by atoms with Gasteiger partial charge in [0.2, 0.25) is 11.1 Å². The number of carbonyl (C=O) groups is 1. The standard InChI is InChI=1S/C27H30N6OS/c1-17-11-13-19(14-12-17)24-15-21(20-8-4-6-10-23(20)29-24)26-31-32-27(33(26)28)35-16-25(34)30-22-9-5-3-7-18(22)2/h4,6,8,10-15,18,22H,3,5,7,9,16,28H2,1-2H3,(H,30,34)/t18-,22-/m0/s1. The summed E-state index contributed by atoms with van der Waals surface area (Å²) < 4.78 is 1.47. The Bertz CT molecular complexity index is 1350. The summed E-state index contributed by atoms with van der Waals surface area (Å²) >= 11 is 1.30. The second kappa shape index (κ2) is 10.1. The minimum Gasteiger partial charge on any atom is -0.352 e. The maximum Gasteiger partial charge on any atom is 0.230 e. The van der Waals surface area contributed by atoms with E-state index in [0.717, 1.165) is 34.1 Å². The van der Waals surface area contributed by atoms with Gasteiger partial charge in [0, 0.05) is 22.6 Å². The number of hydrogen-bond acceptors (Lipinski definition) is 6. The number of fused-ring (bicyclic) bond motifs is 1. The van der Waals surface area contributed by atoms with Gasteiger partial charge in [-0.3, -0.25) is 4.79 Å². The maximum atomic E-state index is 12.6. The average molecular weight is 487 g/mol. The van der Waals surface area contributed by atoms with Gasteiger partial charge in [-0.05, 0) is 37.8 Å². The Kier molecular flexibility index (Phi) is 6.72. The smallest absolute Gasteiger partial charge is 0.230 e. The number of nitrogens with two attached hydrogens (primary N) is 1. The van der Waals surface area contributed by atoms with E-state index < -0.39 is 0 Å². The lowest BCUT2D eigenvalue weighted by Gasteiger charge is -2.29. The second-order valence-electron chi connectivity index (χ2n) is 9.34. The Hall–Kier alpha value is -3.39. The quantitative estimate of drug-likeness (QED) is 0.295. The van der Waals surface area contributed by atoms with Crippen molar-refractivity contribution in [2.75, 3.05) is 11.6 Å². The molecule has 2 atom stereocenters. The van der Waals surface area contributed by atoms with Gasteiger partial charge >= 0.3 is 0 Å². The van der Waals surface area contributed by atoms with Gasteiger partial charge in [-0.1, -0.05) is 79.6 Å². The lowest BCUT2D eigenvalue weighted by Crippen LogP contribution is -2.41. The number of aromatic nitrogens is 4. The fraction of sp³-hybridized carbons (Fsp3) is 0.333. The molecule has 1 amide bonds. The maximum absolute atomic E-state index is 12.6. The zero-order chi connectivity index (χ0) is 24.4. The van der Waals surface area contributed by atoms with E-state index in [1.807, 2.05) is 30.3 Å². The molecule has 0 unspecified atom stereocenters. The number of rotatable bonds is 6. The molecule has 0 aliphatic heterocycles. The minimum absolute atomic E-state index is 0.00863. The van der Waals surface area contributed by atoms with Gasteiger partial charge in [0.15, 0.2) is 5.82 Å². The molecule has 2 aromatic heterocycles. The van der Waals surface area contributed by atoms with Gasteiger partial charge in [0.05, 0.1) is 17.0 Å². The predicted octanol–water partition coefficient (Wildman–Crippen LogP) is 4.97. The van der Waals surface area contributed by atoms with Crippen molar-refractivity contribution in [3.63, 3.8) is 0 Å². The number of nitrogen functional groups attached to an aromatic ring is 1. The molecule has 3 N–H and O–H groups in total. The molecule has 0 saturated heterocycles. The fourth-order valence-electron chi connectivity index (χ4n) is 4.70. The summed E-state index contributed by atoms with van der Waals surface area (Å²) in [5.74, 6) is 7.77. The molecule has 35 heavy (non-hydrogen) atoms. The third-order valence-electron chi connectivity index (χ3n) is 6.76. The molecule has 2 heterocycles. The van der Waals surface area contributed by atoms with Crippen molar-refractivity contribution < 1.29 is 4.79 Å². The SMILES string of the molecule is Cc1ccc(-c2cc(-c3nnc(SCC(=O)N[C@H]4CCCC[C@@H]4C)n3N)c3ccccc3n2)cc1. The van der Waals surface area contributed by atoms with Crippen LogP contribution in [-0.2, 0) is 4.79 Å². The van der Waals surface area contributed by atoms with Gasteiger partial charge in [0.1, 0.15) is 0 Å². The first-order chi connectivity index (χ1) is 17.0. The number of aryl methyl sites for hydroxylation is 1. The van der Waals surface area contributed by atoms with Crippen LogP contribution in [0.1, 0.15) is 38.2 Å². The number of nitrogens with one attached hydrogen (secondary N) is 1. The highest BCUT2D eigenvalue weighted by molar-refractivity contribution is 7.99.